The molecule has 3 aromatic carbocycles. The number of hydrogen-bond donors (Lipinski definition) is 2. The first-order valence-electron chi connectivity index (χ1n) is 10.8. The molecule has 0 saturated heterocycles. The Morgan fingerprint density at radius 1 is 0.971 bits per heavy atom. The van der Waals surface area contributed by atoms with Crippen molar-refractivity contribution in [1.29, 1.82) is 0 Å². The molecule has 3 atom stereocenters. The molecule has 0 aromatic heterocycles. The van der Waals surface area contributed by atoms with E-state index in [1.165, 1.54) is 32.4 Å². The van der Waals surface area contributed by atoms with E-state index in [-0.39, 0.29) is 17.4 Å². The number of benzene rings is 3. The SMILES string of the molecule is COc1ccc(C2c3c(Br)ccc(C(=O)O)c3NC(c3ccc(C(F)(F)F)cc3)C2C)cc1OC. The maximum atomic E-state index is 13.1. The number of alkyl halides is 3. The zero-order valence-corrected chi connectivity index (χ0v) is 20.7. The number of aromatic carboxylic acids is 1. The van der Waals surface area contributed by atoms with Gasteiger partial charge in [0.2, 0.25) is 0 Å². The summed E-state index contributed by atoms with van der Waals surface area (Å²) in [6.07, 6.45) is -4.44. The molecule has 4 rings (SSSR count). The van der Waals surface area contributed by atoms with E-state index in [2.05, 4.69) is 21.2 Å². The summed E-state index contributed by atoms with van der Waals surface area (Å²) in [7, 11) is 3.07. The minimum absolute atomic E-state index is 0.0810. The van der Waals surface area contributed by atoms with Crippen LogP contribution >= 0.6 is 15.9 Å². The number of rotatable bonds is 5. The minimum Gasteiger partial charge on any atom is -0.493 e. The van der Waals surface area contributed by atoms with Crippen LogP contribution in [0.15, 0.2) is 59.1 Å². The van der Waals surface area contributed by atoms with Crippen molar-refractivity contribution in [2.45, 2.75) is 25.1 Å². The average molecular weight is 550 g/mol. The fourth-order valence-electron chi connectivity index (χ4n) is 4.76. The first-order valence-corrected chi connectivity index (χ1v) is 11.6. The molecule has 35 heavy (non-hydrogen) atoms. The van der Waals surface area contributed by atoms with E-state index in [1.54, 1.807) is 12.1 Å². The van der Waals surface area contributed by atoms with Gasteiger partial charge in [-0.15, -0.1) is 0 Å². The summed E-state index contributed by atoms with van der Waals surface area (Å²) >= 11 is 3.59. The normalized spacial score (nSPS) is 19.5. The Morgan fingerprint density at radius 2 is 1.60 bits per heavy atom. The second-order valence-corrected chi connectivity index (χ2v) is 9.24. The van der Waals surface area contributed by atoms with Crippen molar-refractivity contribution in [2.75, 3.05) is 19.5 Å². The Morgan fingerprint density at radius 3 is 2.17 bits per heavy atom. The van der Waals surface area contributed by atoms with E-state index in [4.69, 9.17) is 9.47 Å². The highest BCUT2D eigenvalue weighted by Gasteiger charge is 2.39. The number of ether oxygens (including phenoxy) is 2. The van der Waals surface area contributed by atoms with Crippen LogP contribution in [0.25, 0.3) is 0 Å². The first kappa shape index (κ1) is 24.9. The number of fused-ring (bicyclic) bond motifs is 1. The van der Waals surface area contributed by atoms with Crippen molar-refractivity contribution in [1.82, 2.24) is 0 Å². The molecule has 0 saturated carbocycles. The summed E-state index contributed by atoms with van der Waals surface area (Å²) < 4.78 is 51.0. The lowest BCUT2D eigenvalue weighted by Gasteiger charge is -2.41. The number of carboxylic acids is 1. The van der Waals surface area contributed by atoms with Gasteiger partial charge in [-0.25, -0.2) is 4.79 Å². The maximum Gasteiger partial charge on any atom is 0.416 e. The smallest absolute Gasteiger partial charge is 0.416 e. The predicted molar refractivity (Wildman–Crippen MR) is 129 cm³/mol. The maximum absolute atomic E-state index is 13.1. The third kappa shape index (κ3) is 4.57. The Balaban J connectivity index is 1.90. The molecule has 0 radical (unpaired) electrons. The van der Waals surface area contributed by atoms with Gasteiger partial charge in [-0.05, 0) is 59.0 Å². The van der Waals surface area contributed by atoms with Gasteiger partial charge in [0.05, 0.1) is 37.1 Å². The number of methoxy groups -OCH3 is 2. The van der Waals surface area contributed by atoms with Gasteiger partial charge < -0.3 is 19.9 Å². The van der Waals surface area contributed by atoms with Crippen molar-refractivity contribution in [3.63, 3.8) is 0 Å². The molecule has 5 nitrogen and oxygen atoms in total. The van der Waals surface area contributed by atoms with Gasteiger partial charge in [0, 0.05) is 10.4 Å². The fraction of sp³-hybridized carbons (Fsp3) is 0.269. The number of carboxylic acid groups (broad SMARTS) is 1. The van der Waals surface area contributed by atoms with Gasteiger partial charge >= 0.3 is 12.1 Å². The molecule has 3 aromatic rings. The van der Waals surface area contributed by atoms with Crippen molar-refractivity contribution < 1.29 is 32.5 Å². The lowest BCUT2D eigenvalue weighted by Crippen LogP contribution is -2.32. The second-order valence-electron chi connectivity index (χ2n) is 8.38. The van der Waals surface area contributed by atoms with Gasteiger partial charge in [-0.2, -0.15) is 13.2 Å². The Bertz CT molecular complexity index is 1260. The van der Waals surface area contributed by atoms with Crippen molar-refractivity contribution in [3.05, 3.63) is 86.9 Å². The third-order valence-corrected chi connectivity index (χ3v) is 7.14. The van der Waals surface area contributed by atoms with E-state index < -0.39 is 23.8 Å². The molecular formula is C26H23BrF3NO4. The van der Waals surface area contributed by atoms with Crippen LogP contribution in [-0.2, 0) is 6.18 Å². The van der Waals surface area contributed by atoms with E-state index in [0.29, 0.717) is 22.7 Å². The fourth-order valence-corrected chi connectivity index (χ4v) is 5.33. The summed E-state index contributed by atoms with van der Waals surface area (Å²) in [5.74, 6) is -0.498. The zero-order valence-electron chi connectivity index (χ0n) is 19.1. The standard InChI is InChI=1S/C26H23BrF3NO4/c1-13-21(15-6-11-19(34-2)20(12-15)35-3)22-18(27)10-9-17(25(32)33)24(22)31-23(13)14-4-7-16(8-5-14)26(28,29)30/h4-13,21,23,31H,1-3H3,(H,32,33). The van der Waals surface area contributed by atoms with Crippen LogP contribution < -0.4 is 14.8 Å². The van der Waals surface area contributed by atoms with Gasteiger partial charge in [0.25, 0.3) is 0 Å². The summed E-state index contributed by atoms with van der Waals surface area (Å²) in [5.41, 5.74) is 2.01. The molecular weight excluding hydrogens is 527 g/mol. The van der Waals surface area contributed by atoms with Crippen molar-refractivity contribution >= 4 is 27.6 Å². The van der Waals surface area contributed by atoms with E-state index in [1.807, 2.05) is 19.1 Å². The van der Waals surface area contributed by atoms with Crippen molar-refractivity contribution in [2.24, 2.45) is 5.92 Å². The molecule has 0 spiro atoms. The molecule has 0 amide bonds. The molecule has 1 aliphatic heterocycles. The topological polar surface area (TPSA) is 67.8 Å². The highest BCUT2D eigenvalue weighted by Crippen LogP contribution is 2.52. The second kappa shape index (κ2) is 9.45. The van der Waals surface area contributed by atoms with Gasteiger partial charge in [-0.1, -0.05) is 41.1 Å². The largest absolute Gasteiger partial charge is 0.493 e. The molecule has 0 fully saturated rings. The predicted octanol–water partition coefficient (Wildman–Crippen LogP) is 7.12. The van der Waals surface area contributed by atoms with Crippen LogP contribution in [-0.4, -0.2) is 25.3 Å². The zero-order chi connectivity index (χ0) is 25.5. The Labute approximate surface area is 209 Å². The quantitative estimate of drug-likeness (QED) is 0.354. The highest BCUT2D eigenvalue weighted by molar-refractivity contribution is 9.10. The van der Waals surface area contributed by atoms with E-state index in [0.717, 1.165) is 27.7 Å². The van der Waals surface area contributed by atoms with Gasteiger partial charge in [0.15, 0.2) is 11.5 Å². The lowest BCUT2D eigenvalue weighted by atomic mass is 9.72. The first-order chi connectivity index (χ1) is 16.6. The monoisotopic (exact) mass is 549 g/mol. The molecule has 3 unspecified atom stereocenters. The van der Waals surface area contributed by atoms with Crippen LogP contribution in [0.4, 0.5) is 18.9 Å². The van der Waals surface area contributed by atoms with E-state index in [9.17, 15) is 23.1 Å². The summed E-state index contributed by atoms with van der Waals surface area (Å²) in [6, 6.07) is 13.2. The van der Waals surface area contributed by atoms with Crippen LogP contribution in [0.2, 0.25) is 0 Å². The van der Waals surface area contributed by atoms with Crippen LogP contribution in [0.5, 0.6) is 11.5 Å². The minimum atomic E-state index is -4.44. The van der Waals surface area contributed by atoms with Crippen LogP contribution in [0.3, 0.4) is 0 Å². The van der Waals surface area contributed by atoms with Crippen molar-refractivity contribution in [3.8, 4) is 11.5 Å². The van der Waals surface area contributed by atoms with E-state index >= 15 is 0 Å². The Kier molecular flexibility index (Phi) is 6.73. The third-order valence-electron chi connectivity index (χ3n) is 6.45. The number of nitrogens with one attached hydrogen (secondary N) is 1. The molecule has 9 heteroatoms. The summed E-state index contributed by atoms with van der Waals surface area (Å²) in [5, 5.41) is 13.2. The number of halogens is 4. The van der Waals surface area contributed by atoms with Gasteiger partial charge in [-0.3, -0.25) is 0 Å². The molecule has 2 N–H and O–H groups in total. The lowest BCUT2D eigenvalue weighted by molar-refractivity contribution is -0.137. The highest BCUT2D eigenvalue weighted by atomic mass is 79.9. The Hall–Kier alpha value is -3.20. The molecule has 0 bridgehead atoms. The average Bonchev–Trinajstić information content (AvgIpc) is 2.83. The van der Waals surface area contributed by atoms with Gasteiger partial charge in [0.1, 0.15) is 0 Å². The molecule has 1 heterocycles. The molecule has 184 valence electrons. The molecule has 1 aliphatic rings. The summed E-state index contributed by atoms with van der Waals surface area (Å²) in [4.78, 5) is 12.1. The molecule has 0 aliphatic carbocycles. The number of hydrogen-bond acceptors (Lipinski definition) is 4. The number of anilines is 1. The summed E-state index contributed by atoms with van der Waals surface area (Å²) in [6.45, 7) is 1.99. The van der Waals surface area contributed by atoms with Crippen LogP contribution in [0, 0.1) is 5.92 Å². The van der Waals surface area contributed by atoms with Crippen LogP contribution in [0.1, 0.15) is 51.5 Å². The number of carbonyl (C=O) groups is 1.